The van der Waals surface area contributed by atoms with Gasteiger partial charge < -0.3 is 37.1 Å². The lowest BCUT2D eigenvalue weighted by Crippen LogP contribution is -2.14. The highest BCUT2D eigenvalue weighted by Gasteiger charge is 2.22. The summed E-state index contributed by atoms with van der Waals surface area (Å²) in [5.74, 6) is 3.39. The SMILES string of the molecule is Cn1c2ccccc2c2ccc(OCc3cc(OCc4ccc(C(=N)OC(=N)c5ccc(C(C)(C)C)cc5)cc4)c(OCc4ccc(-c5nnc(-c6ccc(C(C)(C)C)cc6)o5)cc4)c(OCc4ccc(-c5nnc(-c6ccc(C(C)(C)C)cc6)o5)cc4)c3)cc21. The van der Waals surface area contributed by atoms with Crippen LogP contribution in [-0.2, 0) is 54.5 Å². The van der Waals surface area contributed by atoms with Crippen molar-refractivity contribution in [2.45, 2.75) is 105 Å². The summed E-state index contributed by atoms with van der Waals surface area (Å²) in [7, 11) is 2.07. The molecule has 458 valence electrons. The summed E-state index contributed by atoms with van der Waals surface area (Å²) in [6, 6.07) is 65.5. The molecule has 0 saturated heterocycles. The van der Waals surface area contributed by atoms with Gasteiger partial charge in [0, 0.05) is 62.8 Å². The van der Waals surface area contributed by atoms with Crippen LogP contribution in [0.25, 0.3) is 67.6 Å². The number of nitrogens with zero attached hydrogens (tertiary/aromatic N) is 5. The van der Waals surface area contributed by atoms with Gasteiger partial charge in [0.2, 0.25) is 41.1 Å². The average molecular weight is 1210 g/mol. The molecule has 0 amide bonds. The minimum atomic E-state index is -0.143. The van der Waals surface area contributed by atoms with Gasteiger partial charge in [-0.25, -0.2) is 0 Å². The Labute approximate surface area is 530 Å². The van der Waals surface area contributed by atoms with E-state index in [2.05, 4.69) is 155 Å². The average Bonchev–Trinajstić information content (AvgIpc) is 1.66. The van der Waals surface area contributed by atoms with Crippen LogP contribution in [0.3, 0.4) is 0 Å². The highest BCUT2D eigenvalue weighted by Crippen LogP contribution is 2.42. The Morgan fingerprint density at radius 1 is 0.385 bits per heavy atom. The minimum absolute atomic E-state index is 0.0189. The molecule has 0 aliphatic carbocycles. The monoisotopic (exact) mass is 1210 g/mol. The third-order valence-corrected chi connectivity index (χ3v) is 16.2. The summed E-state index contributed by atoms with van der Waals surface area (Å²) in [6.07, 6.45) is 0. The molecule has 3 aromatic heterocycles. The van der Waals surface area contributed by atoms with Gasteiger partial charge in [-0.1, -0.05) is 153 Å². The zero-order chi connectivity index (χ0) is 63.6. The maximum absolute atomic E-state index is 8.78. The van der Waals surface area contributed by atoms with E-state index in [1.807, 2.05) is 127 Å². The number of hydrogen-bond acceptors (Lipinski definition) is 13. The van der Waals surface area contributed by atoms with Crippen molar-refractivity contribution >= 4 is 33.6 Å². The van der Waals surface area contributed by atoms with Crippen molar-refractivity contribution in [2.24, 2.45) is 7.05 Å². The van der Waals surface area contributed by atoms with Crippen molar-refractivity contribution < 1.29 is 32.5 Å². The van der Waals surface area contributed by atoms with Gasteiger partial charge in [-0.15, -0.1) is 20.4 Å². The van der Waals surface area contributed by atoms with E-state index < -0.39 is 0 Å². The zero-order valence-corrected chi connectivity index (χ0v) is 53.0. The van der Waals surface area contributed by atoms with Gasteiger partial charge in [-0.2, -0.15) is 0 Å². The molecule has 0 aliphatic heterocycles. The Hall–Kier alpha value is -10.6. The van der Waals surface area contributed by atoms with Gasteiger partial charge in [0.15, 0.2) is 11.5 Å². The van der Waals surface area contributed by atoms with Crippen molar-refractivity contribution in [3.8, 4) is 68.8 Å². The highest BCUT2D eigenvalue weighted by atomic mass is 16.5. The second-order valence-electron chi connectivity index (χ2n) is 26.0. The van der Waals surface area contributed by atoms with E-state index in [1.54, 1.807) is 12.1 Å². The fourth-order valence-electron chi connectivity index (χ4n) is 10.7. The molecule has 0 atom stereocenters. The van der Waals surface area contributed by atoms with Crippen molar-refractivity contribution in [2.75, 3.05) is 0 Å². The first-order chi connectivity index (χ1) is 43.7. The minimum Gasteiger partial charge on any atom is -0.489 e. The quantitative estimate of drug-likeness (QED) is 0.0617. The summed E-state index contributed by atoms with van der Waals surface area (Å²) < 4.78 is 47.4. The topological polar surface area (TPSA) is 177 Å². The third-order valence-electron chi connectivity index (χ3n) is 16.2. The fraction of sp³-hybridized carbons (Fsp3) is 0.221. The van der Waals surface area contributed by atoms with Crippen LogP contribution in [-0.4, -0.2) is 36.8 Å². The molecule has 14 heteroatoms. The van der Waals surface area contributed by atoms with Crippen molar-refractivity contribution in [3.63, 3.8) is 0 Å². The Kier molecular flexibility index (Phi) is 16.7. The standard InChI is InChI=1S/C77H73N7O7/c1-75(2,3)58-33-27-53(28-34-58)70(79)89-69(78)52-21-15-48(16-22-52)44-86-66-41-51(47-85-61-39-40-63-62-13-11-12-14-64(62)84(10)65(63)43-61)42-67(87-45-49-17-23-54(24-18-49)71-80-82-73(90-71)56-29-35-59(36-30-56)76(4,5)6)68(66)88-46-50-19-25-55(26-20-50)72-81-83-74(91-72)57-31-37-60(38-32-57)77(7,8)9/h11-43,78-79H,44-47H2,1-10H3. The highest BCUT2D eigenvalue weighted by molar-refractivity contribution is 6.08. The summed E-state index contributed by atoms with van der Waals surface area (Å²) in [5.41, 5.74) is 13.4. The van der Waals surface area contributed by atoms with Gasteiger partial charge in [-0.3, -0.25) is 10.8 Å². The number of rotatable bonds is 18. The lowest BCUT2D eigenvalue weighted by molar-refractivity contribution is 0.228. The van der Waals surface area contributed by atoms with E-state index in [0.29, 0.717) is 57.7 Å². The molecule has 2 N–H and O–H groups in total. The molecule has 0 fully saturated rings. The van der Waals surface area contributed by atoms with E-state index in [0.717, 1.165) is 66.5 Å². The molecule has 0 saturated carbocycles. The molecule has 91 heavy (non-hydrogen) atoms. The van der Waals surface area contributed by atoms with Gasteiger partial charge in [0.25, 0.3) is 0 Å². The number of aromatic nitrogens is 5. The largest absolute Gasteiger partial charge is 0.489 e. The normalized spacial score (nSPS) is 11.9. The molecule has 12 aromatic rings. The Balaban J connectivity index is 0.825. The van der Waals surface area contributed by atoms with Crippen LogP contribution in [0.2, 0.25) is 0 Å². The van der Waals surface area contributed by atoms with Gasteiger partial charge in [-0.05, 0) is 158 Å². The molecule has 0 bridgehead atoms. The third kappa shape index (κ3) is 13.8. The van der Waals surface area contributed by atoms with E-state index in [-0.39, 0.29) is 54.5 Å². The number of fused-ring (bicyclic) bond motifs is 3. The van der Waals surface area contributed by atoms with Crippen LogP contribution in [0.5, 0.6) is 23.0 Å². The first kappa shape index (κ1) is 60.7. The number of benzene rings is 9. The van der Waals surface area contributed by atoms with Crippen molar-refractivity contribution in [1.82, 2.24) is 25.0 Å². The zero-order valence-electron chi connectivity index (χ0n) is 53.0. The van der Waals surface area contributed by atoms with Gasteiger partial charge >= 0.3 is 0 Å². The molecule has 14 nitrogen and oxygen atoms in total. The predicted molar refractivity (Wildman–Crippen MR) is 358 cm³/mol. The lowest BCUT2D eigenvalue weighted by Gasteiger charge is -2.19. The van der Waals surface area contributed by atoms with Crippen molar-refractivity contribution in [3.05, 3.63) is 250 Å². The number of aryl methyl sites for hydroxylation is 1. The molecule has 0 aliphatic rings. The van der Waals surface area contributed by atoms with Crippen LogP contribution in [0.15, 0.2) is 209 Å². The fourth-order valence-corrected chi connectivity index (χ4v) is 10.7. The summed E-state index contributed by atoms with van der Waals surface area (Å²) >= 11 is 0. The van der Waals surface area contributed by atoms with Crippen LogP contribution >= 0.6 is 0 Å². The summed E-state index contributed by atoms with van der Waals surface area (Å²) in [4.78, 5) is 0. The summed E-state index contributed by atoms with van der Waals surface area (Å²) in [5, 5.41) is 37.3. The van der Waals surface area contributed by atoms with Crippen LogP contribution in [0.4, 0.5) is 0 Å². The van der Waals surface area contributed by atoms with Crippen LogP contribution < -0.4 is 18.9 Å². The molecule has 0 unspecified atom stereocenters. The predicted octanol–water partition coefficient (Wildman–Crippen LogP) is 18.3. The van der Waals surface area contributed by atoms with E-state index in [4.69, 9.17) is 43.3 Å². The summed E-state index contributed by atoms with van der Waals surface area (Å²) in [6.45, 7) is 20.2. The number of hydrogen-bond donors (Lipinski definition) is 2. The smallest absolute Gasteiger partial charge is 0.248 e. The number of ether oxygens (including phenoxy) is 5. The van der Waals surface area contributed by atoms with Crippen LogP contribution in [0.1, 0.15) is 112 Å². The molecule has 12 rings (SSSR count). The van der Waals surface area contributed by atoms with Gasteiger partial charge in [0.05, 0.1) is 5.52 Å². The Morgan fingerprint density at radius 3 is 1.19 bits per heavy atom. The molecule has 3 heterocycles. The molecule has 9 aromatic carbocycles. The van der Waals surface area contributed by atoms with Crippen LogP contribution in [0, 0.1) is 10.8 Å². The molecular formula is C77H73N7O7. The first-order valence-corrected chi connectivity index (χ1v) is 30.4. The van der Waals surface area contributed by atoms with Gasteiger partial charge in [0.1, 0.15) is 32.2 Å². The Bertz CT molecular complexity index is 4560. The second-order valence-corrected chi connectivity index (χ2v) is 26.0. The van der Waals surface area contributed by atoms with E-state index in [1.165, 1.54) is 16.5 Å². The van der Waals surface area contributed by atoms with E-state index >= 15 is 0 Å². The first-order valence-electron chi connectivity index (χ1n) is 30.4. The second kappa shape index (κ2) is 25.1. The van der Waals surface area contributed by atoms with E-state index in [9.17, 15) is 0 Å². The maximum atomic E-state index is 8.78. The molecule has 0 radical (unpaired) electrons. The molecule has 0 spiro atoms. The van der Waals surface area contributed by atoms with Crippen molar-refractivity contribution in [1.29, 1.82) is 10.8 Å². The Morgan fingerprint density at radius 2 is 0.747 bits per heavy atom. The number of para-hydroxylation sites is 1. The maximum Gasteiger partial charge on any atom is 0.248 e. The lowest BCUT2D eigenvalue weighted by atomic mass is 9.87. The molecular weight excluding hydrogens is 1130 g/mol. The number of nitrogens with one attached hydrogen (secondary N) is 2.